The minimum atomic E-state index is 0.525. The summed E-state index contributed by atoms with van der Waals surface area (Å²) < 4.78 is 5.43. The monoisotopic (exact) mass is 183 g/mol. The molecule has 0 aliphatic heterocycles. The first-order valence-corrected chi connectivity index (χ1v) is 4.79. The number of nitrogens with one attached hydrogen (secondary N) is 1. The zero-order chi connectivity index (χ0) is 8.72. The third-order valence-corrected chi connectivity index (χ3v) is 2.69. The molecule has 1 N–H and O–H groups in total. The lowest BCUT2D eigenvalue weighted by molar-refractivity contribution is 0.374. The van der Waals surface area contributed by atoms with E-state index in [1.165, 1.54) is 12.1 Å². The highest BCUT2D eigenvalue weighted by Gasteiger charge is 2.24. The van der Waals surface area contributed by atoms with Gasteiger partial charge in [0.1, 0.15) is 5.76 Å². The predicted octanol–water partition coefficient (Wildman–Crippen LogP) is 3.02. The topological polar surface area (TPSA) is 28.9 Å². The number of H-pyrrole nitrogens is 1. The van der Waals surface area contributed by atoms with E-state index in [9.17, 15) is 0 Å². The molecule has 1 aliphatic carbocycles. The molecule has 2 rings (SSSR count). The summed E-state index contributed by atoms with van der Waals surface area (Å²) in [6.45, 7) is 4.46. The van der Waals surface area contributed by atoms with Crippen LogP contribution in [0.5, 0.6) is 0 Å². The number of aromatic nitrogens is 1. The van der Waals surface area contributed by atoms with Gasteiger partial charge in [0.05, 0.1) is 5.69 Å². The van der Waals surface area contributed by atoms with Gasteiger partial charge in [-0.05, 0) is 31.0 Å². The van der Waals surface area contributed by atoms with Gasteiger partial charge in [0.25, 0.3) is 4.84 Å². The fourth-order valence-corrected chi connectivity index (χ4v) is 2.28. The molecule has 0 aromatic carbocycles. The van der Waals surface area contributed by atoms with Gasteiger partial charge in [-0.1, -0.05) is 13.8 Å². The Bertz CT molecular complexity index is 339. The van der Waals surface area contributed by atoms with E-state index in [1.807, 2.05) is 0 Å². The van der Waals surface area contributed by atoms with Crippen molar-refractivity contribution in [3.8, 4) is 0 Å². The predicted molar refractivity (Wildman–Crippen MR) is 49.8 cm³/mol. The van der Waals surface area contributed by atoms with Crippen LogP contribution in [0.1, 0.15) is 37.6 Å². The van der Waals surface area contributed by atoms with Crippen molar-refractivity contribution in [2.24, 2.45) is 5.92 Å². The van der Waals surface area contributed by atoms with Crippen molar-refractivity contribution < 1.29 is 4.42 Å². The molecular formula is C9H13NOS. The molecule has 0 spiro atoms. The molecule has 1 aromatic heterocycles. The number of fused-ring (bicyclic) bond motifs is 1. The van der Waals surface area contributed by atoms with Crippen LogP contribution >= 0.6 is 12.2 Å². The van der Waals surface area contributed by atoms with E-state index in [-0.39, 0.29) is 0 Å². The van der Waals surface area contributed by atoms with Crippen LogP contribution in [0.25, 0.3) is 0 Å². The standard InChI is InChI=1S/C9H13NOS/c1-5-3-6(2)8-7(4-5)10-9(12)11-8/h5-6H,3-4H2,1-2H3,(H,10,12). The molecule has 0 saturated heterocycles. The second kappa shape index (κ2) is 2.73. The van der Waals surface area contributed by atoms with E-state index in [4.69, 9.17) is 16.6 Å². The van der Waals surface area contributed by atoms with Gasteiger partial charge in [-0.2, -0.15) is 0 Å². The van der Waals surface area contributed by atoms with Crippen LogP contribution in [0.4, 0.5) is 0 Å². The largest absolute Gasteiger partial charge is 0.434 e. The summed E-state index contributed by atoms with van der Waals surface area (Å²) in [5.41, 5.74) is 1.21. The van der Waals surface area contributed by atoms with Crippen LogP contribution in [0.15, 0.2) is 4.42 Å². The Morgan fingerprint density at radius 2 is 2.25 bits per heavy atom. The highest BCUT2D eigenvalue weighted by Crippen LogP contribution is 2.33. The molecule has 0 radical (unpaired) electrons. The van der Waals surface area contributed by atoms with Gasteiger partial charge >= 0.3 is 0 Å². The maximum Gasteiger partial charge on any atom is 0.266 e. The van der Waals surface area contributed by atoms with E-state index in [0.717, 1.165) is 18.1 Å². The molecule has 0 bridgehead atoms. The second-order valence-electron chi connectivity index (χ2n) is 3.80. The van der Waals surface area contributed by atoms with E-state index in [0.29, 0.717) is 10.8 Å². The number of rotatable bonds is 0. The SMILES string of the molecule is CC1Cc2[nH]c(=S)oc2C(C)C1. The molecule has 2 atom stereocenters. The van der Waals surface area contributed by atoms with Gasteiger partial charge in [-0.3, -0.25) is 0 Å². The molecular weight excluding hydrogens is 170 g/mol. The van der Waals surface area contributed by atoms with Crippen LogP contribution < -0.4 is 0 Å². The summed E-state index contributed by atoms with van der Waals surface area (Å²) in [6, 6.07) is 0. The van der Waals surface area contributed by atoms with Crippen molar-refractivity contribution in [2.75, 3.05) is 0 Å². The number of aromatic amines is 1. The smallest absolute Gasteiger partial charge is 0.266 e. The Balaban J connectivity index is 2.46. The van der Waals surface area contributed by atoms with Gasteiger partial charge < -0.3 is 9.40 Å². The van der Waals surface area contributed by atoms with E-state index < -0.39 is 0 Å². The van der Waals surface area contributed by atoms with Crippen molar-refractivity contribution in [3.05, 3.63) is 16.3 Å². The first-order chi connectivity index (χ1) is 5.66. The molecule has 0 amide bonds. The zero-order valence-corrected chi connectivity index (χ0v) is 8.20. The number of oxazole rings is 1. The molecule has 1 aliphatic rings. The summed E-state index contributed by atoms with van der Waals surface area (Å²) in [4.78, 5) is 3.63. The average molecular weight is 183 g/mol. The van der Waals surface area contributed by atoms with Gasteiger partial charge in [0.2, 0.25) is 0 Å². The maximum atomic E-state index is 5.43. The zero-order valence-electron chi connectivity index (χ0n) is 7.39. The quantitative estimate of drug-likeness (QED) is 0.626. The Hall–Kier alpha value is -0.570. The van der Waals surface area contributed by atoms with E-state index >= 15 is 0 Å². The number of hydrogen-bond donors (Lipinski definition) is 1. The average Bonchev–Trinajstić information content (AvgIpc) is 2.29. The minimum absolute atomic E-state index is 0.525. The number of hydrogen-bond acceptors (Lipinski definition) is 2. The molecule has 66 valence electrons. The lowest BCUT2D eigenvalue weighted by atomic mass is 9.85. The normalized spacial score (nSPS) is 28.5. The van der Waals surface area contributed by atoms with Crippen LogP contribution in [0, 0.1) is 10.8 Å². The van der Waals surface area contributed by atoms with Crippen molar-refractivity contribution in [1.29, 1.82) is 0 Å². The molecule has 0 fully saturated rings. The van der Waals surface area contributed by atoms with Crippen molar-refractivity contribution in [3.63, 3.8) is 0 Å². The summed E-state index contributed by atoms with van der Waals surface area (Å²) in [7, 11) is 0. The first kappa shape index (κ1) is 8.05. The third-order valence-electron chi connectivity index (χ3n) is 2.51. The minimum Gasteiger partial charge on any atom is -0.434 e. The van der Waals surface area contributed by atoms with E-state index in [2.05, 4.69) is 18.8 Å². The summed E-state index contributed by atoms with van der Waals surface area (Å²) in [6.07, 6.45) is 2.29. The van der Waals surface area contributed by atoms with Gasteiger partial charge in [-0.15, -0.1) is 0 Å². The van der Waals surface area contributed by atoms with Gasteiger partial charge in [0, 0.05) is 5.92 Å². The van der Waals surface area contributed by atoms with Crippen molar-refractivity contribution >= 4 is 12.2 Å². The lowest BCUT2D eigenvalue weighted by Gasteiger charge is -2.21. The molecule has 3 heteroatoms. The molecule has 0 saturated carbocycles. The Morgan fingerprint density at radius 3 is 3.00 bits per heavy atom. The second-order valence-corrected chi connectivity index (χ2v) is 4.17. The molecule has 1 aromatic rings. The first-order valence-electron chi connectivity index (χ1n) is 4.38. The maximum absolute atomic E-state index is 5.43. The van der Waals surface area contributed by atoms with Crippen LogP contribution in [-0.4, -0.2) is 4.98 Å². The Labute approximate surface area is 77.0 Å². The highest BCUT2D eigenvalue weighted by atomic mass is 32.1. The molecule has 2 nitrogen and oxygen atoms in total. The van der Waals surface area contributed by atoms with Crippen LogP contribution in [0.3, 0.4) is 0 Å². The highest BCUT2D eigenvalue weighted by molar-refractivity contribution is 7.71. The summed E-state index contributed by atoms with van der Waals surface area (Å²) >= 11 is 4.95. The van der Waals surface area contributed by atoms with Crippen molar-refractivity contribution in [1.82, 2.24) is 4.98 Å². The van der Waals surface area contributed by atoms with Crippen LogP contribution in [-0.2, 0) is 6.42 Å². The fourth-order valence-electron chi connectivity index (χ4n) is 2.06. The lowest BCUT2D eigenvalue weighted by Crippen LogP contribution is -2.13. The third kappa shape index (κ3) is 1.22. The van der Waals surface area contributed by atoms with Crippen molar-refractivity contribution in [2.45, 2.75) is 32.6 Å². The fraction of sp³-hybridized carbons (Fsp3) is 0.667. The molecule has 2 unspecified atom stereocenters. The molecule has 12 heavy (non-hydrogen) atoms. The Kier molecular flexibility index (Phi) is 1.83. The molecule has 1 heterocycles. The van der Waals surface area contributed by atoms with E-state index in [1.54, 1.807) is 0 Å². The van der Waals surface area contributed by atoms with Crippen LogP contribution in [0.2, 0.25) is 0 Å². The summed E-state index contributed by atoms with van der Waals surface area (Å²) in [5.74, 6) is 2.35. The Morgan fingerprint density at radius 1 is 1.50 bits per heavy atom. The van der Waals surface area contributed by atoms with Gasteiger partial charge in [0.15, 0.2) is 0 Å². The summed E-state index contributed by atoms with van der Waals surface area (Å²) in [5, 5.41) is 0. The van der Waals surface area contributed by atoms with Gasteiger partial charge in [-0.25, -0.2) is 0 Å².